The summed E-state index contributed by atoms with van der Waals surface area (Å²) in [6.45, 7) is 0. The van der Waals surface area contributed by atoms with E-state index in [4.69, 9.17) is 48.1 Å². The topological polar surface area (TPSA) is 144 Å². The molecule has 0 bridgehead atoms. The third-order valence-electron chi connectivity index (χ3n) is 27.4. The van der Waals surface area contributed by atoms with Crippen molar-refractivity contribution < 1.29 is 13.3 Å². The van der Waals surface area contributed by atoms with E-state index in [2.05, 4.69) is 329 Å². The highest BCUT2D eigenvalue weighted by Gasteiger charge is 2.35. The first-order chi connectivity index (χ1) is 65.6. The molecular formula is C119H66N10O3. The van der Waals surface area contributed by atoms with Crippen molar-refractivity contribution in [1.29, 1.82) is 0 Å². The maximum atomic E-state index is 6.80. The van der Waals surface area contributed by atoms with Crippen LogP contribution in [-0.4, -0.2) is 48.6 Å². The molecule has 0 spiro atoms. The average Bonchev–Trinajstić information content (AvgIpc) is 1.52. The summed E-state index contributed by atoms with van der Waals surface area (Å²) in [5, 5.41) is 20.7. The van der Waals surface area contributed by atoms with Gasteiger partial charge in [0.15, 0.2) is 11.6 Å². The molecule has 28 aromatic rings. The van der Waals surface area contributed by atoms with Crippen LogP contribution in [0.15, 0.2) is 414 Å². The molecule has 0 atom stereocenters. The van der Waals surface area contributed by atoms with Crippen molar-refractivity contribution in [1.82, 2.24) is 48.6 Å². The molecule has 13 nitrogen and oxygen atoms in total. The number of benzene rings is 19. The predicted molar refractivity (Wildman–Crippen MR) is 536 cm³/mol. The Labute approximate surface area is 751 Å². The van der Waals surface area contributed by atoms with Gasteiger partial charge in [-0.1, -0.05) is 340 Å². The number of nitrogens with zero attached hydrogens (tertiary/aromatic N) is 10. The molecule has 9 aromatic heterocycles. The minimum atomic E-state index is 0.567. The van der Waals surface area contributed by atoms with Crippen LogP contribution in [0.2, 0.25) is 0 Å². The molecule has 0 N–H and O–H groups in total. The maximum Gasteiger partial charge on any atom is 0.238 e. The van der Waals surface area contributed by atoms with Crippen LogP contribution in [0.4, 0.5) is 0 Å². The van der Waals surface area contributed by atoms with E-state index in [1.807, 2.05) is 85.2 Å². The van der Waals surface area contributed by atoms with Crippen LogP contribution >= 0.6 is 0 Å². The molecule has 31 rings (SSSR count). The smallest absolute Gasteiger partial charge is 0.238 e. The van der Waals surface area contributed by atoms with E-state index in [0.717, 1.165) is 149 Å². The Bertz CT molecular complexity index is 9340. The number of fused-ring (bicyclic) bond motifs is 24. The minimum Gasteiger partial charge on any atom is -0.455 e. The molecule has 19 aromatic carbocycles. The molecular weight excluding hydrogens is 1620 g/mol. The van der Waals surface area contributed by atoms with Crippen LogP contribution in [-0.2, 0) is 0 Å². The molecule has 0 radical (unpaired) electrons. The SMILES string of the molecule is c1ccc(-c2cc(-c3ccccc3)nc(-n3c4cccc5c4c4c6c(cccc6c6oc7ccccc7c6c43)-c3ccccc3-5)n2)cc1.c1ccc(-c2nc(-c3ccccc3)nc(-n3c4cccc5c4c4c6c(cccc6c6oc7ccccc7c6c43)-c3ccccc3-5)n2)cc1.c1cnc(-n2c3cccc4c3c3c5c(cccc5c5oc6ccccc6c5c32)-c2ccccc2-4)nc1. The van der Waals surface area contributed by atoms with E-state index < -0.39 is 0 Å². The molecule has 0 saturated carbocycles. The second kappa shape index (κ2) is 27.7. The monoisotopic (exact) mass is 1680 g/mol. The van der Waals surface area contributed by atoms with Gasteiger partial charge in [-0.3, -0.25) is 13.7 Å². The van der Waals surface area contributed by atoms with Gasteiger partial charge in [-0.25, -0.2) is 24.9 Å². The van der Waals surface area contributed by atoms with Gasteiger partial charge in [-0.15, -0.1) is 0 Å². The highest BCUT2D eigenvalue weighted by atomic mass is 16.3. The standard InChI is InChI=1S/C44H25N3O.C43H24N4O.C32H17N3O/c1-3-13-26(14-4-1)34-25-35(27-15-5-2-6-16-27)46-44(45-34)47-36-23-12-21-31-29-18-8-7-17-28(29)30-20-11-22-33-38(30)41(39(31)36)42(47)40-32-19-9-10-24-37(32)48-43(33)40;1-3-13-25(14-4-1)41-44-42(26-15-5-2-6-16-26)46-43(45-41)47-33-23-12-21-30-28-18-8-7-17-27(28)29-20-11-22-32-35(29)38(36(30)33)39(47)37-31-19-9-10-24-34(31)48-40(32)37;1-2-9-19-18(8-1)20-11-5-13-23-26(20)29-27-21(19)12-6-14-24(27)35(32-33-16-7-17-34-32)30(29)28-22-10-3-4-15-25(22)36-31(23)28/h1-25H;1-24H;1-17H. The van der Waals surface area contributed by atoms with Gasteiger partial charge in [0, 0.05) is 115 Å². The van der Waals surface area contributed by atoms with E-state index in [-0.39, 0.29) is 0 Å². The van der Waals surface area contributed by atoms with Crippen LogP contribution in [0, 0.1) is 0 Å². The van der Waals surface area contributed by atoms with Crippen LogP contribution in [0.1, 0.15) is 0 Å². The van der Waals surface area contributed by atoms with Crippen LogP contribution in [0.25, 0.3) is 293 Å². The molecule has 0 saturated heterocycles. The summed E-state index contributed by atoms with van der Waals surface area (Å²) in [5.41, 5.74) is 31.9. The fraction of sp³-hybridized carbons (Fsp3) is 0. The van der Waals surface area contributed by atoms with Gasteiger partial charge in [0.25, 0.3) is 0 Å². The molecule has 3 aliphatic rings. The molecule has 0 amide bonds. The molecule has 610 valence electrons. The highest BCUT2D eigenvalue weighted by Crippen LogP contribution is 2.58. The molecule has 132 heavy (non-hydrogen) atoms. The van der Waals surface area contributed by atoms with Gasteiger partial charge >= 0.3 is 0 Å². The van der Waals surface area contributed by atoms with Crippen molar-refractivity contribution in [2.75, 3.05) is 0 Å². The third kappa shape index (κ3) is 10.2. The van der Waals surface area contributed by atoms with Crippen molar-refractivity contribution in [2.45, 2.75) is 0 Å². The first kappa shape index (κ1) is 72.1. The van der Waals surface area contributed by atoms with Crippen molar-refractivity contribution in [3.8, 4) is 130 Å². The van der Waals surface area contributed by atoms with Crippen LogP contribution in [0.5, 0.6) is 0 Å². The van der Waals surface area contributed by atoms with E-state index in [0.29, 0.717) is 29.5 Å². The van der Waals surface area contributed by atoms with E-state index in [1.54, 1.807) is 0 Å². The predicted octanol–water partition coefficient (Wildman–Crippen LogP) is 30.9. The Kier molecular flexibility index (Phi) is 15.1. The van der Waals surface area contributed by atoms with Gasteiger partial charge in [0.05, 0.1) is 60.6 Å². The normalized spacial score (nSPS) is 12.2. The van der Waals surface area contributed by atoms with Crippen molar-refractivity contribution >= 4 is 164 Å². The Balaban J connectivity index is 0.0000000981. The van der Waals surface area contributed by atoms with E-state index >= 15 is 0 Å². The van der Waals surface area contributed by atoms with Gasteiger partial charge in [0.1, 0.15) is 33.5 Å². The lowest BCUT2D eigenvalue weighted by molar-refractivity contribution is 0.672. The lowest BCUT2D eigenvalue weighted by Gasteiger charge is -2.15. The second-order valence-corrected chi connectivity index (χ2v) is 34.2. The lowest BCUT2D eigenvalue weighted by Crippen LogP contribution is -2.06. The fourth-order valence-electron chi connectivity index (χ4n) is 22.1. The zero-order chi connectivity index (χ0) is 86.1. The molecule has 13 heteroatoms. The molecule has 0 aliphatic heterocycles. The Morgan fingerprint density at radius 2 is 0.447 bits per heavy atom. The van der Waals surface area contributed by atoms with Crippen molar-refractivity contribution in [3.63, 3.8) is 0 Å². The fourth-order valence-corrected chi connectivity index (χ4v) is 22.1. The third-order valence-corrected chi connectivity index (χ3v) is 27.4. The summed E-state index contributed by atoms with van der Waals surface area (Å²) in [7, 11) is 0. The summed E-state index contributed by atoms with van der Waals surface area (Å²) in [4.78, 5) is 35.6. The number of hydrogen-bond acceptors (Lipinski definition) is 10. The zero-order valence-corrected chi connectivity index (χ0v) is 70.3. The van der Waals surface area contributed by atoms with Gasteiger partial charge in [-0.05, 0) is 115 Å². The van der Waals surface area contributed by atoms with Crippen molar-refractivity contribution in [2.24, 2.45) is 0 Å². The number of rotatable bonds is 7. The number of furan rings is 3. The Morgan fingerprint density at radius 1 is 0.182 bits per heavy atom. The largest absolute Gasteiger partial charge is 0.455 e. The Hall–Kier alpha value is -18.1. The molecule has 3 aliphatic carbocycles. The summed E-state index contributed by atoms with van der Waals surface area (Å²) < 4.78 is 27.0. The van der Waals surface area contributed by atoms with Gasteiger partial charge in [-0.2, -0.15) is 9.97 Å². The summed E-state index contributed by atoms with van der Waals surface area (Å²) >= 11 is 0. The number of para-hydroxylation sites is 3. The quantitative estimate of drug-likeness (QED) is 0.151. The summed E-state index contributed by atoms with van der Waals surface area (Å²) in [5.74, 6) is 3.10. The van der Waals surface area contributed by atoms with Crippen LogP contribution < -0.4 is 0 Å². The number of aromatic nitrogens is 10. The first-order valence-corrected chi connectivity index (χ1v) is 44.5. The average molecular weight is 1680 g/mol. The molecule has 0 fully saturated rings. The zero-order valence-electron chi connectivity index (χ0n) is 70.3. The number of hydrogen-bond donors (Lipinski definition) is 0. The van der Waals surface area contributed by atoms with Gasteiger partial charge < -0.3 is 13.3 Å². The first-order valence-electron chi connectivity index (χ1n) is 44.5. The van der Waals surface area contributed by atoms with Crippen molar-refractivity contribution in [3.05, 3.63) is 401 Å². The molecule has 0 unspecified atom stereocenters. The highest BCUT2D eigenvalue weighted by molar-refractivity contribution is 6.43. The summed E-state index contributed by atoms with van der Waals surface area (Å²) in [6, 6.07) is 136. The Morgan fingerprint density at radius 3 is 0.788 bits per heavy atom. The van der Waals surface area contributed by atoms with Gasteiger partial charge in [0.2, 0.25) is 17.8 Å². The maximum absolute atomic E-state index is 6.80. The molecule has 9 heterocycles. The van der Waals surface area contributed by atoms with E-state index in [9.17, 15) is 0 Å². The second-order valence-electron chi connectivity index (χ2n) is 34.2. The summed E-state index contributed by atoms with van der Waals surface area (Å²) in [6.07, 6.45) is 3.62. The van der Waals surface area contributed by atoms with Crippen LogP contribution in [0.3, 0.4) is 0 Å². The lowest BCUT2D eigenvalue weighted by atomic mass is 9.93. The van der Waals surface area contributed by atoms with E-state index in [1.165, 1.54) is 115 Å². The minimum absolute atomic E-state index is 0.567.